The topological polar surface area (TPSA) is 109 Å². The van der Waals surface area contributed by atoms with E-state index in [4.69, 9.17) is 9.52 Å². The van der Waals surface area contributed by atoms with E-state index >= 15 is 0 Å². The van der Waals surface area contributed by atoms with Gasteiger partial charge >= 0.3 is 5.97 Å². The number of furan rings is 1. The van der Waals surface area contributed by atoms with Crippen molar-refractivity contribution in [1.82, 2.24) is 10.6 Å². The fourth-order valence-electron chi connectivity index (χ4n) is 2.93. The standard InChI is InChI=1S/C17H24N2O5/c1-11(19-15(20)9-12-5-3-2-4-6-12)16(21)18-10-13-7-8-14(24-13)17(22)23/h7-8,11-12H,2-6,9-10H2,1H3,(H,18,21)(H,19,20)(H,22,23). The molecule has 1 atom stereocenters. The van der Waals surface area contributed by atoms with Gasteiger partial charge in [-0.15, -0.1) is 0 Å². The van der Waals surface area contributed by atoms with Crippen LogP contribution < -0.4 is 10.6 Å². The van der Waals surface area contributed by atoms with Gasteiger partial charge in [-0.25, -0.2) is 4.79 Å². The van der Waals surface area contributed by atoms with E-state index in [1.807, 2.05) is 0 Å². The van der Waals surface area contributed by atoms with Crippen LogP contribution in [0.1, 0.15) is 61.8 Å². The van der Waals surface area contributed by atoms with E-state index in [-0.39, 0.29) is 24.1 Å². The first kappa shape index (κ1) is 18.0. The van der Waals surface area contributed by atoms with Crippen molar-refractivity contribution in [2.24, 2.45) is 5.92 Å². The van der Waals surface area contributed by atoms with E-state index in [9.17, 15) is 14.4 Å². The molecule has 0 aliphatic heterocycles. The maximum Gasteiger partial charge on any atom is 0.371 e. The summed E-state index contributed by atoms with van der Waals surface area (Å²) in [6.07, 6.45) is 6.23. The Balaban J connectivity index is 1.72. The number of aromatic carboxylic acids is 1. The Morgan fingerprint density at radius 1 is 1.25 bits per heavy atom. The Bertz CT molecular complexity index is 590. The first-order valence-corrected chi connectivity index (χ1v) is 8.35. The summed E-state index contributed by atoms with van der Waals surface area (Å²) in [7, 11) is 0. The van der Waals surface area contributed by atoms with Gasteiger partial charge < -0.3 is 20.2 Å². The molecular weight excluding hydrogens is 312 g/mol. The van der Waals surface area contributed by atoms with Gasteiger partial charge in [0.05, 0.1) is 6.54 Å². The van der Waals surface area contributed by atoms with Gasteiger partial charge in [-0.1, -0.05) is 19.3 Å². The van der Waals surface area contributed by atoms with Crippen LogP contribution >= 0.6 is 0 Å². The lowest BCUT2D eigenvalue weighted by Crippen LogP contribution is -2.45. The molecule has 24 heavy (non-hydrogen) atoms. The molecule has 1 unspecified atom stereocenters. The Morgan fingerprint density at radius 3 is 2.58 bits per heavy atom. The number of nitrogens with one attached hydrogen (secondary N) is 2. The predicted molar refractivity (Wildman–Crippen MR) is 86.3 cm³/mol. The summed E-state index contributed by atoms with van der Waals surface area (Å²) in [5.41, 5.74) is 0. The highest BCUT2D eigenvalue weighted by atomic mass is 16.4. The van der Waals surface area contributed by atoms with E-state index in [2.05, 4.69) is 10.6 Å². The monoisotopic (exact) mass is 336 g/mol. The molecule has 0 spiro atoms. The van der Waals surface area contributed by atoms with Crippen LogP contribution in [0.5, 0.6) is 0 Å². The zero-order valence-electron chi connectivity index (χ0n) is 13.8. The van der Waals surface area contributed by atoms with Crippen molar-refractivity contribution in [1.29, 1.82) is 0 Å². The van der Waals surface area contributed by atoms with Crippen molar-refractivity contribution in [3.8, 4) is 0 Å². The van der Waals surface area contributed by atoms with Gasteiger partial charge in [-0.2, -0.15) is 0 Å². The third kappa shape index (κ3) is 5.40. The lowest BCUT2D eigenvalue weighted by atomic mass is 9.87. The van der Waals surface area contributed by atoms with Crippen LogP contribution in [-0.2, 0) is 16.1 Å². The van der Waals surface area contributed by atoms with Crippen LogP contribution in [0, 0.1) is 5.92 Å². The minimum atomic E-state index is -1.16. The molecular formula is C17H24N2O5. The molecule has 1 aromatic rings. The molecule has 1 fully saturated rings. The number of amides is 2. The molecule has 132 valence electrons. The molecule has 1 saturated carbocycles. The molecule has 1 aromatic heterocycles. The molecule has 3 N–H and O–H groups in total. The van der Waals surface area contributed by atoms with E-state index in [0.717, 1.165) is 12.8 Å². The zero-order chi connectivity index (χ0) is 17.5. The summed E-state index contributed by atoms with van der Waals surface area (Å²) in [6.45, 7) is 1.70. The summed E-state index contributed by atoms with van der Waals surface area (Å²) < 4.78 is 5.06. The first-order valence-electron chi connectivity index (χ1n) is 8.35. The highest BCUT2D eigenvalue weighted by molar-refractivity contribution is 5.87. The lowest BCUT2D eigenvalue weighted by molar-refractivity contribution is -0.129. The maximum atomic E-state index is 12.0. The van der Waals surface area contributed by atoms with Gasteiger partial charge in [0, 0.05) is 6.42 Å². The average Bonchev–Trinajstić information content (AvgIpc) is 3.02. The van der Waals surface area contributed by atoms with E-state index in [1.165, 1.54) is 31.4 Å². The first-order chi connectivity index (χ1) is 11.5. The lowest BCUT2D eigenvalue weighted by Gasteiger charge is -2.22. The zero-order valence-corrected chi connectivity index (χ0v) is 13.8. The molecule has 1 heterocycles. The second-order valence-electron chi connectivity index (χ2n) is 6.29. The summed E-state index contributed by atoms with van der Waals surface area (Å²) in [4.78, 5) is 34.7. The Kier molecular flexibility index (Phi) is 6.40. The average molecular weight is 336 g/mol. The van der Waals surface area contributed by atoms with Crippen LogP contribution in [0.4, 0.5) is 0 Å². The van der Waals surface area contributed by atoms with Gasteiger partial charge in [-0.05, 0) is 37.8 Å². The number of carboxylic acids is 1. The van der Waals surface area contributed by atoms with Crippen molar-refractivity contribution in [3.63, 3.8) is 0 Å². The van der Waals surface area contributed by atoms with Crippen molar-refractivity contribution in [2.45, 2.75) is 58.0 Å². The van der Waals surface area contributed by atoms with Crippen molar-refractivity contribution >= 4 is 17.8 Å². The fraction of sp³-hybridized carbons (Fsp3) is 0.588. The van der Waals surface area contributed by atoms with Gasteiger partial charge in [-0.3, -0.25) is 9.59 Å². The SMILES string of the molecule is CC(NC(=O)CC1CCCCC1)C(=O)NCc1ccc(C(=O)O)o1. The van der Waals surface area contributed by atoms with Crippen molar-refractivity contribution in [2.75, 3.05) is 0 Å². The molecule has 2 amide bonds. The van der Waals surface area contributed by atoms with Crippen LogP contribution in [0.2, 0.25) is 0 Å². The Hall–Kier alpha value is -2.31. The molecule has 0 radical (unpaired) electrons. The second kappa shape index (κ2) is 8.52. The second-order valence-corrected chi connectivity index (χ2v) is 6.29. The van der Waals surface area contributed by atoms with Crippen LogP contribution in [0.25, 0.3) is 0 Å². The van der Waals surface area contributed by atoms with Crippen LogP contribution in [0.15, 0.2) is 16.5 Å². The van der Waals surface area contributed by atoms with Gasteiger partial charge in [0.15, 0.2) is 0 Å². The normalized spacial score (nSPS) is 16.4. The number of carbonyl (C=O) groups is 3. The van der Waals surface area contributed by atoms with Crippen molar-refractivity contribution < 1.29 is 23.9 Å². The van der Waals surface area contributed by atoms with Crippen molar-refractivity contribution in [3.05, 3.63) is 23.7 Å². The molecule has 7 heteroatoms. The van der Waals surface area contributed by atoms with Crippen LogP contribution in [0.3, 0.4) is 0 Å². The van der Waals surface area contributed by atoms with E-state index in [0.29, 0.717) is 18.1 Å². The maximum absolute atomic E-state index is 12.0. The summed E-state index contributed by atoms with van der Waals surface area (Å²) in [6, 6.07) is 2.19. The fourth-order valence-corrected chi connectivity index (χ4v) is 2.93. The number of hydrogen-bond donors (Lipinski definition) is 3. The minimum Gasteiger partial charge on any atom is -0.475 e. The number of rotatable bonds is 7. The summed E-state index contributed by atoms with van der Waals surface area (Å²) in [5.74, 6) is -0.993. The number of carboxylic acid groups (broad SMARTS) is 1. The highest BCUT2D eigenvalue weighted by Gasteiger charge is 2.20. The van der Waals surface area contributed by atoms with Gasteiger partial charge in [0.2, 0.25) is 17.6 Å². The van der Waals surface area contributed by atoms with E-state index in [1.54, 1.807) is 6.92 Å². The largest absolute Gasteiger partial charge is 0.475 e. The predicted octanol–water partition coefficient (Wildman–Crippen LogP) is 2.07. The third-order valence-electron chi connectivity index (χ3n) is 4.28. The minimum absolute atomic E-state index is 0.0783. The molecule has 7 nitrogen and oxygen atoms in total. The molecule has 1 aliphatic rings. The summed E-state index contributed by atoms with van der Waals surface area (Å²) >= 11 is 0. The van der Waals surface area contributed by atoms with Gasteiger partial charge in [0.1, 0.15) is 11.8 Å². The summed E-state index contributed by atoms with van der Waals surface area (Å²) in [5, 5.41) is 14.1. The van der Waals surface area contributed by atoms with Crippen LogP contribution in [-0.4, -0.2) is 28.9 Å². The molecule has 2 rings (SSSR count). The Morgan fingerprint density at radius 2 is 1.96 bits per heavy atom. The number of carbonyl (C=O) groups excluding carboxylic acids is 2. The quantitative estimate of drug-likeness (QED) is 0.706. The van der Waals surface area contributed by atoms with Gasteiger partial charge in [0.25, 0.3) is 0 Å². The third-order valence-corrected chi connectivity index (χ3v) is 4.28. The molecule has 0 aromatic carbocycles. The molecule has 0 saturated heterocycles. The smallest absolute Gasteiger partial charge is 0.371 e. The van der Waals surface area contributed by atoms with E-state index < -0.39 is 12.0 Å². The highest BCUT2D eigenvalue weighted by Crippen LogP contribution is 2.26. The molecule has 1 aliphatic carbocycles. The number of hydrogen-bond acceptors (Lipinski definition) is 4. The molecule has 0 bridgehead atoms. The Labute approximate surface area is 140 Å².